The Morgan fingerprint density at radius 2 is 1.76 bits per heavy atom. The van der Waals surface area contributed by atoms with E-state index in [9.17, 15) is 28.1 Å². The normalized spacial score (nSPS) is 14.0. The van der Waals surface area contributed by atoms with Crippen LogP contribution in [0.15, 0.2) is 65.6 Å². The number of hydrogen-bond donors (Lipinski definition) is 1. The summed E-state index contributed by atoms with van der Waals surface area (Å²) in [5, 5.41) is 15.0. The maximum atomic E-state index is 14.4. The van der Waals surface area contributed by atoms with Crippen molar-refractivity contribution in [1.82, 2.24) is 10.2 Å². The Hall–Kier alpha value is -4.16. The molecule has 0 heterocycles. The summed E-state index contributed by atoms with van der Waals surface area (Å²) >= 11 is 6.31. The van der Waals surface area contributed by atoms with E-state index in [2.05, 4.69) is 5.32 Å². The molecule has 0 unspecified atom stereocenters. The molecule has 2 amide bonds. The van der Waals surface area contributed by atoms with Crippen molar-refractivity contribution in [2.45, 2.75) is 76.4 Å². The molecule has 1 saturated carbocycles. The molecule has 1 aliphatic rings. The Bertz CT molecular complexity index is 1710. The van der Waals surface area contributed by atoms with E-state index in [1.165, 1.54) is 49.3 Å². The molecule has 0 spiro atoms. The van der Waals surface area contributed by atoms with Gasteiger partial charge in [-0.3, -0.25) is 24.0 Å². The number of anilines is 1. The highest BCUT2D eigenvalue weighted by atomic mass is 35.5. The molecule has 1 atom stereocenters. The summed E-state index contributed by atoms with van der Waals surface area (Å²) in [5.74, 6) is -0.844. The van der Waals surface area contributed by atoms with Crippen LogP contribution in [0.4, 0.5) is 11.4 Å². The number of nitro benzene ring substituents is 1. The van der Waals surface area contributed by atoms with Crippen molar-refractivity contribution < 1.29 is 27.7 Å². The van der Waals surface area contributed by atoms with Crippen molar-refractivity contribution >= 4 is 44.8 Å². The molecule has 0 saturated heterocycles. The van der Waals surface area contributed by atoms with Crippen LogP contribution in [0.1, 0.15) is 55.7 Å². The molecule has 0 aromatic heterocycles. The topological polar surface area (TPSA) is 139 Å². The van der Waals surface area contributed by atoms with Crippen molar-refractivity contribution in [1.29, 1.82) is 0 Å². The van der Waals surface area contributed by atoms with Crippen molar-refractivity contribution in [2.75, 3.05) is 18.0 Å². The van der Waals surface area contributed by atoms with Crippen molar-refractivity contribution in [3.05, 3.63) is 92.5 Å². The van der Waals surface area contributed by atoms with Gasteiger partial charge < -0.3 is 15.0 Å². The number of ether oxygens (including phenoxy) is 1. The lowest BCUT2D eigenvalue weighted by molar-refractivity contribution is -0.385. The van der Waals surface area contributed by atoms with Crippen molar-refractivity contribution in [3.8, 4) is 5.75 Å². The highest BCUT2D eigenvalue weighted by Gasteiger charge is 2.36. The maximum absolute atomic E-state index is 14.4. The zero-order valence-corrected chi connectivity index (χ0v) is 27.9. The molecule has 0 radical (unpaired) electrons. The molecule has 0 bridgehead atoms. The van der Waals surface area contributed by atoms with Crippen LogP contribution in [0.5, 0.6) is 5.75 Å². The summed E-state index contributed by atoms with van der Waals surface area (Å²) in [5.41, 5.74) is 1.55. The van der Waals surface area contributed by atoms with Gasteiger partial charge in [0.15, 0.2) is 0 Å². The number of carbonyl (C=O) groups excluding carboxylic acids is 2. The average molecular weight is 671 g/mol. The molecule has 13 heteroatoms. The fourth-order valence-corrected chi connectivity index (χ4v) is 7.31. The third kappa shape index (κ3) is 7.79. The Morgan fingerprint density at radius 3 is 2.39 bits per heavy atom. The van der Waals surface area contributed by atoms with Gasteiger partial charge in [0.05, 0.1) is 22.6 Å². The summed E-state index contributed by atoms with van der Waals surface area (Å²) in [6.07, 6.45) is 4.03. The van der Waals surface area contributed by atoms with Gasteiger partial charge in [-0.25, -0.2) is 8.42 Å². The number of carbonyl (C=O) groups is 2. The Balaban J connectivity index is 1.82. The van der Waals surface area contributed by atoms with E-state index < -0.39 is 38.3 Å². The second-order valence-corrected chi connectivity index (χ2v) is 13.7. The monoisotopic (exact) mass is 670 g/mol. The molecular formula is C33H39ClN4O7S. The number of nitrogens with one attached hydrogen (secondary N) is 1. The van der Waals surface area contributed by atoms with E-state index in [1.807, 2.05) is 31.2 Å². The van der Waals surface area contributed by atoms with Gasteiger partial charge in [-0.2, -0.15) is 0 Å². The second-order valence-electron chi connectivity index (χ2n) is 11.4. The highest BCUT2D eigenvalue weighted by molar-refractivity contribution is 7.92. The number of nitrogens with zero attached hydrogens (tertiary/aromatic N) is 3. The predicted octanol–water partition coefficient (Wildman–Crippen LogP) is 5.94. The summed E-state index contributed by atoms with van der Waals surface area (Å²) in [7, 11) is -3.27. The van der Waals surface area contributed by atoms with Gasteiger partial charge in [0.1, 0.15) is 18.3 Å². The summed E-state index contributed by atoms with van der Waals surface area (Å²) in [6, 6.07) is 14.5. The van der Waals surface area contributed by atoms with Gasteiger partial charge in [-0.15, -0.1) is 0 Å². The van der Waals surface area contributed by atoms with Gasteiger partial charge in [0, 0.05) is 29.2 Å². The van der Waals surface area contributed by atoms with Crippen LogP contribution in [0, 0.1) is 24.0 Å². The maximum Gasteiger partial charge on any atom is 0.273 e. The average Bonchev–Trinajstić information content (AvgIpc) is 3.53. The zero-order valence-electron chi connectivity index (χ0n) is 26.4. The van der Waals surface area contributed by atoms with Gasteiger partial charge in [0.2, 0.25) is 11.8 Å². The first-order chi connectivity index (χ1) is 21.9. The number of rotatable bonds is 13. The number of methoxy groups -OCH3 is 1. The lowest BCUT2D eigenvalue weighted by Gasteiger charge is -2.34. The lowest BCUT2D eigenvalue weighted by atomic mass is 10.1. The Labute approximate surface area is 274 Å². The molecule has 4 rings (SSSR count). The Kier molecular flexibility index (Phi) is 11.3. The van der Waals surface area contributed by atoms with Crippen molar-refractivity contribution in [3.63, 3.8) is 0 Å². The molecule has 3 aromatic rings. The molecule has 1 fully saturated rings. The number of amides is 2. The Morgan fingerprint density at radius 1 is 1.07 bits per heavy atom. The number of hydrogen-bond acceptors (Lipinski definition) is 7. The largest absolute Gasteiger partial charge is 0.495 e. The van der Waals surface area contributed by atoms with Gasteiger partial charge in [-0.1, -0.05) is 61.7 Å². The van der Waals surface area contributed by atoms with E-state index in [0.29, 0.717) is 0 Å². The van der Waals surface area contributed by atoms with Crippen LogP contribution in [0.25, 0.3) is 0 Å². The minimum Gasteiger partial charge on any atom is -0.495 e. The van der Waals surface area contributed by atoms with E-state index in [0.717, 1.165) is 47.2 Å². The predicted molar refractivity (Wildman–Crippen MR) is 177 cm³/mol. The molecule has 3 aromatic carbocycles. The molecular weight excluding hydrogens is 632 g/mol. The smallest absolute Gasteiger partial charge is 0.273 e. The quantitative estimate of drug-likeness (QED) is 0.176. The first-order valence-electron chi connectivity index (χ1n) is 15.1. The lowest BCUT2D eigenvalue weighted by Crippen LogP contribution is -2.53. The number of sulfonamides is 1. The third-order valence-electron chi connectivity index (χ3n) is 8.34. The summed E-state index contributed by atoms with van der Waals surface area (Å²) in [4.78, 5) is 40.2. The SMILES string of the molecule is CC[C@H](C(=O)NC1CCCC1)N(Cc1ccccc1C)C(=O)CN(c1cc(Cl)ccc1OC)S(=O)(=O)c1ccc(C)c([N+](=O)[O-])c1. The van der Waals surface area contributed by atoms with E-state index >= 15 is 0 Å². The van der Waals surface area contributed by atoms with Gasteiger partial charge in [-0.05, 0) is 68.5 Å². The summed E-state index contributed by atoms with van der Waals surface area (Å²) in [6.45, 7) is 4.52. The van der Waals surface area contributed by atoms with Crippen LogP contribution < -0.4 is 14.4 Å². The molecule has 246 valence electrons. The van der Waals surface area contributed by atoms with E-state index in [-0.39, 0.29) is 52.6 Å². The minimum absolute atomic E-state index is 0.0156. The number of aryl methyl sites for hydroxylation is 2. The number of halogens is 1. The van der Waals surface area contributed by atoms with Crippen LogP contribution in [0.2, 0.25) is 5.02 Å². The molecule has 11 nitrogen and oxygen atoms in total. The highest BCUT2D eigenvalue weighted by Crippen LogP contribution is 2.36. The standard InChI is InChI=1S/C33H39ClN4O7S/c1-5-28(33(40)35-26-12-8-9-13-26)36(20-24-11-7-6-10-22(24)2)32(39)21-37(30-18-25(34)15-17-31(30)45-4)46(43,44)27-16-14-23(3)29(19-27)38(41)42/h6-7,10-11,14-19,26,28H,5,8-9,12-13,20-21H2,1-4H3,(H,35,40)/t28-/m1/s1. The van der Waals surface area contributed by atoms with Crippen LogP contribution in [-0.2, 0) is 26.2 Å². The molecule has 46 heavy (non-hydrogen) atoms. The fourth-order valence-electron chi connectivity index (χ4n) is 5.70. The molecule has 1 aliphatic carbocycles. The first kappa shape index (κ1) is 34.7. The fraction of sp³-hybridized carbons (Fsp3) is 0.394. The van der Waals surface area contributed by atoms with E-state index in [1.54, 1.807) is 6.92 Å². The van der Waals surface area contributed by atoms with Crippen LogP contribution in [0.3, 0.4) is 0 Å². The molecule has 0 aliphatic heterocycles. The van der Waals surface area contributed by atoms with Gasteiger partial charge in [0.25, 0.3) is 15.7 Å². The first-order valence-corrected chi connectivity index (χ1v) is 16.9. The van der Waals surface area contributed by atoms with Crippen molar-refractivity contribution in [2.24, 2.45) is 0 Å². The minimum atomic E-state index is -4.61. The van der Waals surface area contributed by atoms with Crippen LogP contribution >= 0.6 is 11.6 Å². The molecule has 1 N–H and O–H groups in total. The van der Waals surface area contributed by atoms with E-state index in [4.69, 9.17) is 16.3 Å². The van der Waals surface area contributed by atoms with Crippen LogP contribution in [-0.4, -0.2) is 55.8 Å². The summed E-state index contributed by atoms with van der Waals surface area (Å²) < 4.78 is 35.0. The third-order valence-corrected chi connectivity index (χ3v) is 10.3. The zero-order chi connectivity index (χ0) is 33.6. The number of nitro groups is 1. The number of benzene rings is 3. The van der Waals surface area contributed by atoms with Gasteiger partial charge >= 0.3 is 0 Å². The second kappa shape index (κ2) is 15.0.